The van der Waals surface area contributed by atoms with E-state index in [0.29, 0.717) is 11.7 Å². The van der Waals surface area contributed by atoms with Crippen molar-refractivity contribution in [3.8, 4) is 0 Å². The minimum Gasteiger partial charge on any atom is -0.359 e. The first-order chi connectivity index (χ1) is 6.54. The van der Waals surface area contributed by atoms with Crippen molar-refractivity contribution in [2.45, 2.75) is 50.7 Å². The first-order valence-corrected chi connectivity index (χ1v) is 5.50. The SMILES string of the molecule is CC12C=C3C(=O)CCCC3CC1(C)O2. The molecule has 0 amide bonds. The second-order valence-electron chi connectivity index (χ2n) is 5.26. The van der Waals surface area contributed by atoms with Gasteiger partial charge in [-0.05, 0) is 50.7 Å². The Hall–Kier alpha value is -0.630. The molecule has 1 aliphatic heterocycles. The predicted octanol–water partition coefficient (Wildman–Crippen LogP) is 2.23. The summed E-state index contributed by atoms with van der Waals surface area (Å²) in [5, 5.41) is 0. The second-order valence-corrected chi connectivity index (χ2v) is 5.26. The number of hydrogen-bond acceptors (Lipinski definition) is 2. The van der Waals surface area contributed by atoms with Gasteiger partial charge in [0.05, 0.1) is 5.60 Å². The van der Waals surface area contributed by atoms with Crippen LogP contribution in [0.2, 0.25) is 0 Å². The number of ether oxygens (including phenoxy) is 1. The number of epoxide rings is 1. The van der Waals surface area contributed by atoms with Gasteiger partial charge in [-0.25, -0.2) is 0 Å². The number of hydrogen-bond donors (Lipinski definition) is 0. The summed E-state index contributed by atoms with van der Waals surface area (Å²) in [6.07, 6.45) is 6.12. The molecule has 0 N–H and O–H groups in total. The molecule has 3 atom stereocenters. The number of ketones is 1. The van der Waals surface area contributed by atoms with Gasteiger partial charge in [-0.2, -0.15) is 0 Å². The van der Waals surface area contributed by atoms with E-state index in [4.69, 9.17) is 4.74 Å². The first-order valence-electron chi connectivity index (χ1n) is 5.50. The van der Waals surface area contributed by atoms with Crippen molar-refractivity contribution in [1.82, 2.24) is 0 Å². The normalized spacial score (nSPS) is 50.6. The van der Waals surface area contributed by atoms with E-state index >= 15 is 0 Å². The lowest BCUT2D eigenvalue weighted by Crippen LogP contribution is -2.33. The van der Waals surface area contributed by atoms with Crippen LogP contribution >= 0.6 is 0 Å². The van der Waals surface area contributed by atoms with Gasteiger partial charge < -0.3 is 4.74 Å². The summed E-state index contributed by atoms with van der Waals surface area (Å²) in [6, 6.07) is 0. The summed E-state index contributed by atoms with van der Waals surface area (Å²) in [4.78, 5) is 11.7. The molecular formula is C12H16O2. The highest BCUT2D eigenvalue weighted by Gasteiger charge is 2.65. The summed E-state index contributed by atoms with van der Waals surface area (Å²) in [6.45, 7) is 4.26. The molecule has 2 aliphatic carbocycles. The first kappa shape index (κ1) is 8.66. The van der Waals surface area contributed by atoms with E-state index in [0.717, 1.165) is 24.8 Å². The molecule has 2 fully saturated rings. The molecule has 1 heterocycles. The van der Waals surface area contributed by atoms with E-state index in [1.165, 1.54) is 6.42 Å². The average molecular weight is 192 g/mol. The van der Waals surface area contributed by atoms with E-state index in [-0.39, 0.29) is 11.2 Å². The fourth-order valence-electron chi connectivity index (χ4n) is 3.08. The van der Waals surface area contributed by atoms with Crippen molar-refractivity contribution < 1.29 is 9.53 Å². The van der Waals surface area contributed by atoms with Crippen LogP contribution in [-0.2, 0) is 9.53 Å². The average Bonchev–Trinajstić information content (AvgIpc) is 2.64. The van der Waals surface area contributed by atoms with Crippen molar-refractivity contribution in [2.75, 3.05) is 0 Å². The largest absolute Gasteiger partial charge is 0.359 e. The molecule has 1 saturated carbocycles. The molecule has 1 saturated heterocycles. The van der Waals surface area contributed by atoms with E-state index in [2.05, 4.69) is 19.9 Å². The smallest absolute Gasteiger partial charge is 0.158 e. The fraction of sp³-hybridized carbons (Fsp3) is 0.750. The van der Waals surface area contributed by atoms with Crippen LogP contribution in [0.5, 0.6) is 0 Å². The van der Waals surface area contributed by atoms with Crippen LogP contribution in [0.3, 0.4) is 0 Å². The number of carbonyl (C=O) groups excluding carboxylic acids is 1. The summed E-state index contributed by atoms with van der Waals surface area (Å²) < 4.78 is 5.76. The van der Waals surface area contributed by atoms with Crippen molar-refractivity contribution >= 4 is 5.78 Å². The number of rotatable bonds is 0. The zero-order chi connectivity index (χ0) is 9.97. The number of allylic oxidation sites excluding steroid dienone is 1. The van der Waals surface area contributed by atoms with Crippen LogP contribution in [-0.4, -0.2) is 17.0 Å². The Balaban J connectivity index is 2.01. The molecule has 0 aromatic carbocycles. The number of fused-ring (bicyclic) bond motifs is 2. The van der Waals surface area contributed by atoms with Gasteiger partial charge in [-0.1, -0.05) is 0 Å². The second kappa shape index (κ2) is 2.30. The van der Waals surface area contributed by atoms with E-state index in [1.807, 2.05) is 0 Å². The topological polar surface area (TPSA) is 29.6 Å². The number of Topliss-reactive ketones (excluding diaryl/α,β-unsaturated/α-hetero) is 1. The summed E-state index contributed by atoms with van der Waals surface area (Å²) in [7, 11) is 0. The maximum absolute atomic E-state index is 11.7. The Bertz CT molecular complexity index is 344. The summed E-state index contributed by atoms with van der Waals surface area (Å²) in [5.74, 6) is 0.844. The Morgan fingerprint density at radius 2 is 2.29 bits per heavy atom. The van der Waals surface area contributed by atoms with Crippen LogP contribution in [0.1, 0.15) is 39.5 Å². The maximum Gasteiger partial charge on any atom is 0.158 e. The van der Waals surface area contributed by atoms with Gasteiger partial charge >= 0.3 is 0 Å². The Morgan fingerprint density at radius 3 is 3.07 bits per heavy atom. The Labute approximate surface area is 84.3 Å². The van der Waals surface area contributed by atoms with Gasteiger partial charge in [-0.3, -0.25) is 4.79 Å². The Morgan fingerprint density at radius 1 is 1.50 bits per heavy atom. The highest BCUT2D eigenvalue weighted by molar-refractivity contribution is 5.97. The third kappa shape index (κ3) is 0.924. The van der Waals surface area contributed by atoms with Crippen LogP contribution in [0.25, 0.3) is 0 Å². The van der Waals surface area contributed by atoms with Crippen LogP contribution in [0.4, 0.5) is 0 Å². The molecule has 76 valence electrons. The van der Waals surface area contributed by atoms with E-state index in [1.54, 1.807) is 0 Å². The minimum atomic E-state index is -0.133. The Kier molecular flexibility index (Phi) is 1.42. The molecule has 3 rings (SSSR count). The lowest BCUT2D eigenvalue weighted by molar-refractivity contribution is -0.117. The molecule has 14 heavy (non-hydrogen) atoms. The molecule has 3 aliphatic rings. The minimum absolute atomic E-state index is 0.0266. The molecule has 3 unspecified atom stereocenters. The molecular weight excluding hydrogens is 176 g/mol. The van der Waals surface area contributed by atoms with E-state index < -0.39 is 0 Å². The monoisotopic (exact) mass is 192 g/mol. The fourth-order valence-corrected chi connectivity index (χ4v) is 3.08. The lowest BCUT2D eigenvalue weighted by atomic mass is 9.70. The van der Waals surface area contributed by atoms with Gasteiger partial charge in [0.2, 0.25) is 0 Å². The highest BCUT2D eigenvalue weighted by atomic mass is 16.6. The molecule has 2 heteroatoms. The third-order valence-corrected chi connectivity index (χ3v) is 4.23. The van der Waals surface area contributed by atoms with Crippen molar-refractivity contribution in [3.05, 3.63) is 11.6 Å². The quantitative estimate of drug-likeness (QED) is 0.551. The van der Waals surface area contributed by atoms with Crippen LogP contribution < -0.4 is 0 Å². The third-order valence-electron chi connectivity index (χ3n) is 4.23. The zero-order valence-corrected chi connectivity index (χ0v) is 8.80. The van der Waals surface area contributed by atoms with Gasteiger partial charge in [0.1, 0.15) is 5.60 Å². The number of carbonyl (C=O) groups is 1. The predicted molar refractivity (Wildman–Crippen MR) is 52.9 cm³/mol. The van der Waals surface area contributed by atoms with Gasteiger partial charge in [0.25, 0.3) is 0 Å². The zero-order valence-electron chi connectivity index (χ0n) is 8.80. The van der Waals surface area contributed by atoms with Crippen molar-refractivity contribution in [2.24, 2.45) is 5.92 Å². The van der Waals surface area contributed by atoms with Crippen molar-refractivity contribution in [1.29, 1.82) is 0 Å². The molecule has 0 radical (unpaired) electrons. The molecule has 0 aromatic heterocycles. The van der Waals surface area contributed by atoms with E-state index in [9.17, 15) is 4.79 Å². The van der Waals surface area contributed by atoms with Crippen LogP contribution in [0.15, 0.2) is 11.6 Å². The molecule has 2 nitrogen and oxygen atoms in total. The molecule has 0 aromatic rings. The molecule has 0 spiro atoms. The van der Waals surface area contributed by atoms with Crippen LogP contribution in [0, 0.1) is 5.92 Å². The van der Waals surface area contributed by atoms with Crippen molar-refractivity contribution in [3.63, 3.8) is 0 Å². The summed E-state index contributed by atoms with van der Waals surface area (Å²) in [5.41, 5.74) is 0.957. The maximum atomic E-state index is 11.7. The van der Waals surface area contributed by atoms with Gasteiger partial charge in [0.15, 0.2) is 5.78 Å². The lowest BCUT2D eigenvalue weighted by Gasteiger charge is -2.30. The highest BCUT2D eigenvalue weighted by Crippen LogP contribution is 2.58. The standard InChI is InChI=1S/C12H16O2/c1-11-6-8-4-3-5-10(13)9(8)7-12(11,2)14-11/h7-8H,3-6H2,1-2H3. The van der Waals surface area contributed by atoms with Gasteiger partial charge in [-0.15, -0.1) is 0 Å². The molecule has 0 bridgehead atoms. The van der Waals surface area contributed by atoms with Gasteiger partial charge in [0, 0.05) is 6.42 Å². The summed E-state index contributed by atoms with van der Waals surface area (Å²) >= 11 is 0.